The van der Waals surface area contributed by atoms with Crippen molar-refractivity contribution in [1.82, 2.24) is 10.6 Å². The van der Waals surface area contributed by atoms with Crippen LogP contribution < -0.4 is 10.6 Å². The molecule has 2 amide bonds. The third-order valence-corrected chi connectivity index (χ3v) is 4.89. The first-order valence-electron chi connectivity index (χ1n) is 6.02. The second-order valence-corrected chi connectivity index (χ2v) is 7.10. The molecule has 0 aromatic rings. The number of ether oxygens (including phenoxy) is 1. The summed E-state index contributed by atoms with van der Waals surface area (Å²) in [5.41, 5.74) is -1.19. The van der Waals surface area contributed by atoms with Gasteiger partial charge in [-0.3, -0.25) is 4.79 Å². The Labute approximate surface area is 116 Å². The van der Waals surface area contributed by atoms with Crippen LogP contribution in [0.3, 0.4) is 0 Å². The number of carboxylic acids is 1. The van der Waals surface area contributed by atoms with Crippen LogP contribution in [0.5, 0.6) is 0 Å². The van der Waals surface area contributed by atoms with Crippen LogP contribution in [0.1, 0.15) is 6.92 Å². The van der Waals surface area contributed by atoms with Crippen LogP contribution in [-0.2, 0) is 19.4 Å². The molecule has 1 fully saturated rings. The normalized spacial score (nSPS) is 34.9. The van der Waals surface area contributed by atoms with Gasteiger partial charge < -0.3 is 20.5 Å². The lowest BCUT2D eigenvalue weighted by molar-refractivity contribution is -0.148. The van der Waals surface area contributed by atoms with E-state index in [4.69, 9.17) is 9.84 Å². The number of hydrogen-bond donors (Lipinski definition) is 3. The van der Waals surface area contributed by atoms with Gasteiger partial charge in [0, 0.05) is 5.41 Å². The summed E-state index contributed by atoms with van der Waals surface area (Å²) in [5.74, 6) is -1.23. The van der Waals surface area contributed by atoms with Gasteiger partial charge in [0.2, 0.25) is 0 Å². The van der Waals surface area contributed by atoms with Crippen molar-refractivity contribution in [3.8, 4) is 0 Å². The first-order chi connectivity index (χ1) is 9.23. The maximum absolute atomic E-state index is 11.8. The van der Waals surface area contributed by atoms with Gasteiger partial charge in [-0.1, -0.05) is 0 Å². The fourth-order valence-corrected chi connectivity index (χ4v) is 3.35. The molecule has 1 saturated heterocycles. The van der Waals surface area contributed by atoms with Crippen LogP contribution in [0.4, 0.5) is 4.79 Å². The first kappa shape index (κ1) is 14.8. The number of carbonyl (C=O) groups excluding carboxylic acids is 1. The monoisotopic (exact) mass is 304 g/mol. The number of sulfone groups is 1. The fourth-order valence-electron chi connectivity index (χ4n) is 2.12. The molecule has 0 aromatic heterocycles. The standard InChI is InChI=1S/C11H16N2O6S/c1-11(9(14)15)6-19-4-8(11)13-10(16)12-7-2-3-20(17,18)5-7/h2-3,7-8H,4-6H2,1H3,(H,14,15)(H2,12,13,16). The Morgan fingerprint density at radius 2 is 2.10 bits per heavy atom. The van der Waals surface area contributed by atoms with Crippen LogP contribution in [0, 0.1) is 5.41 Å². The Bertz CT molecular complexity index is 557. The SMILES string of the molecule is CC1(C(=O)O)COCC1NC(=O)NC1C=CS(=O)(=O)C1. The minimum absolute atomic E-state index is 0.0188. The zero-order chi connectivity index (χ0) is 15.0. The Kier molecular flexibility index (Phi) is 3.74. The minimum Gasteiger partial charge on any atom is -0.481 e. The van der Waals surface area contributed by atoms with E-state index in [1.165, 1.54) is 13.0 Å². The third-order valence-electron chi connectivity index (χ3n) is 3.50. The average molecular weight is 304 g/mol. The smallest absolute Gasteiger partial charge is 0.315 e. The maximum Gasteiger partial charge on any atom is 0.315 e. The first-order valence-corrected chi connectivity index (χ1v) is 7.74. The summed E-state index contributed by atoms with van der Waals surface area (Å²) in [6.45, 7) is 1.62. The molecule has 0 spiro atoms. The molecule has 20 heavy (non-hydrogen) atoms. The molecule has 0 aliphatic carbocycles. The molecule has 2 aliphatic heterocycles. The van der Waals surface area contributed by atoms with Crippen LogP contribution in [0.2, 0.25) is 0 Å². The molecule has 112 valence electrons. The van der Waals surface area contributed by atoms with E-state index >= 15 is 0 Å². The van der Waals surface area contributed by atoms with Gasteiger partial charge in [-0.15, -0.1) is 0 Å². The van der Waals surface area contributed by atoms with Gasteiger partial charge in [0.1, 0.15) is 5.41 Å². The molecule has 2 aliphatic rings. The topological polar surface area (TPSA) is 122 Å². The summed E-state index contributed by atoms with van der Waals surface area (Å²) >= 11 is 0. The number of nitrogens with one attached hydrogen (secondary N) is 2. The van der Waals surface area contributed by atoms with Crippen molar-refractivity contribution >= 4 is 21.8 Å². The molecule has 3 N–H and O–H groups in total. The van der Waals surface area contributed by atoms with Crippen molar-refractivity contribution in [3.05, 3.63) is 11.5 Å². The van der Waals surface area contributed by atoms with Gasteiger partial charge in [0.15, 0.2) is 9.84 Å². The van der Waals surface area contributed by atoms with Gasteiger partial charge >= 0.3 is 12.0 Å². The predicted octanol–water partition coefficient (Wildman–Crippen LogP) is -0.914. The van der Waals surface area contributed by atoms with Crippen molar-refractivity contribution in [1.29, 1.82) is 0 Å². The van der Waals surface area contributed by atoms with E-state index in [2.05, 4.69) is 10.6 Å². The summed E-state index contributed by atoms with van der Waals surface area (Å²) in [5, 5.41) is 15.2. The third kappa shape index (κ3) is 2.93. The molecule has 2 rings (SSSR count). The molecule has 8 nitrogen and oxygen atoms in total. The summed E-state index contributed by atoms with van der Waals surface area (Å²) in [6, 6.07) is -1.87. The molecule has 2 heterocycles. The number of aliphatic carboxylic acids is 1. The summed E-state index contributed by atoms with van der Waals surface area (Å²) < 4.78 is 27.5. The minimum atomic E-state index is -3.25. The van der Waals surface area contributed by atoms with E-state index in [0.717, 1.165) is 5.41 Å². The van der Waals surface area contributed by atoms with Crippen LogP contribution in [0.15, 0.2) is 11.5 Å². The number of carbonyl (C=O) groups is 2. The molecule has 3 atom stereocenters. The molecule has 3 unspecified atom stereocenters. The maximum atomic E-state index is 11.8. The summed E-state index contributed by atoms with van der Waals surface area (Å²) in [6.07, 6.45) is 1.39. The lowest BCUT2D eigenvalue weighted by Crippen LogP contribution is -2.54. The number of urea groups is 1. The molecule has 0 bridgehead atoms. The van der Waals surface area contributed by atoms with Gasteiger partial charge in [-0.05, 0) is 13.0 Å². The molecule has 0 saturated carbocycles. The Balaban J connectivity index is 1.92. The van der Waals surface area contributed by atoms with E-state index < -0.39 is 39.3 Å². The number of hydrogen-bond acceptors (Lipinski definition) is 5. The Morgan fingerprint density at radius 1 is 1.40 bits per heavy atom. The van der Waals surface area contributed by atoms with Crippen LogP contribution in [0.25, 0.3) is 0 Å². The van der Waals surface area contributed by atoms with E-state index in [1.54, 1.807) is 0 Å². The molecule has 9 heteroatoms. The van der Waals surface area contributed by atoms with Gasteiger partial charge in [0.25, 0.3) is 0 Å². The molecular formula is C11H16N2O6S. The van der Waals surface area contributed by atoms with Gasteiger partial charge in [0.05, 0.1) is 31.1 Å². The summed E-state index contributed by atoms with van der Waals surface area (Å²) in [4.78, 5) is 23.0. The highest BCUT2D eigenvalue weighted by molar-refractivity contribution is 7.94. The zero-order valence-corrected chi connectivity index (χ0v) is 11.6. The highest BCUT2D eigenvalue weighted by Gasteiger charge is 2.47. The molecular weight excluding hydrogens is 288 g/mol. The largest absolute Gasteiger partial charge is 0.481 e. The van der Waals surface area contributed by atoms with Crippen molar-refractivity contribution < 1.29 is 27.9 Å². The lowest BCUT2D eigenvalue weighted by Gasteiger charge is -2.26. The second kappa shape index (κ2) is 5.06. The van der Waals surface area contributed by atoms with Crippen molar-refractivity contribution in [2.75, 3.05) is 19.0 Å². The lowest BCUT2D eigenvalue weighted by atomic mass is 9.85. The highest BCUT2D eigenvalue weighted by atomic mass is 32.2. The van der Waals surface area contributed by atoms with Crippen molar-refractivity contribution in [2.24, 2.45) is 5.41 Å². The Hall–Kier alpha value is -1.61. The van der Waals surface area contributed by atoms with E-state index in [0.29, 0.717) is 0 Å². The van der Waals surface area contributed by atoms with Gasteiger partial charge in [-0.25, -0.2) is 13.2 Å². The Morgan fingerprint density at radius 3 is 2.65 bits per heavy atom. The van der Waals surface area contributed by atoms with E-state index in [-0.39, 0.29) is 19.0 Å². The molecule has 0 aromatic carbocycles. The van der Waals surface area contributed by atoms with Crippen molar-refractivity contribution in [3.63, 3.8) is 0 Å². The van der Waals surface area contributed by atoms with Crippen molar-refractivity contribution in [2.45, 2.75) is 19.0 Å². The predicted molar refractivity (Wildman–Crippen MR) is 68.7 cm³/mol. The fraction of sp³-hybridized carbons (Fsp3) is 0.636. The second-order valence-electron chi connectivity index (χ2n) is 5.17. The number of amides is 2. The summed E-state index contributed by atoms with van der Waals surface area (Å²) in [7, 11) is -3.25. The average Bonchev–Trinajstić information content (AvgIpc) is 2.84. The van der Waals surface area contributed by atoms with Crippen LogP contribution in [-0.4, -0.2) is 56.6 Å². The number of rotatable bonds is 3. The van der Waals surface area contributed by atoms with Gasteiger partial charge in [-0.2, -0.15) is 0 Å². The number of carboxylic acid groups (broad SMARTS) is 1. The highest BCUT2D eigenvalue weighted by Crippen LogP contribution is 2.28. The quantitative estimate of drug-likeness (QED) is 0.620. The van der Waals surface area contributed by atoms with Crippen LogP contribution >= 0.6 is 0 Å². The zero-order valence-electron chi connectivity index (χ0n) is 10.8. The molecule has 0 radical (unpaired) electrons. The van der Waals surface area contributed by atoms with E-state index in [1.807, 2.05) is 0 Å². The van der Waals surface area contributed by atoms with E-state index in [9.17, 15) is 18.0 Å².